The number of aromatic amines is 1. The fraction of sp³-hybridized carbons (Fsp3) is 0.368. The van der Waals surface area contributed by atoms with Gasteiger partial charge in [0.2, 0.25) is 0 Å². The van der Waals surface area contributed by atoms with E-state index in [4.69, 9.17) is 0 Å². The first-order valence-electron chi connectivity index (χ1n) is 7.94. The monoisotopic (exact) mass is 326 g/mol. The Kier molecular flexibility index (Phi) is 3.88. The van der Waals surface area contributed by atoms with Crippen LogP contribution in [0.25, 0.3) is 21.3 Å². The van der Waals surface area contributed by atoms with E-state index in [1.165, 1.54) is 10.4 Å². The fourth-order valence-corrected chi connectivity index (χ4v) is 4.03. The minimum Gasteiger partial charge on any atom is -0.310 e. The van der Waals surface area contributed by atoms with Crippen LogP contribution in [0.5, 0.6) is 0 Å². The largest absolute Gasteiger partial charge is 0.310 e. The molecule has 0 saturated carbocycles. The van der Waals surface area contributed by atoms with Gasteiger partial charge in [-0.05, 0) is 29.9 Å². The fourth-order valence-electron chi connectivity index (χ4n) is 2.85. The van der Waals surface area contributed by atoms with E-state index >= 15 is 0 Å². The predicted molar refractivity (Wildman–Crippen MR) is 98.5 cm³/mol. The van der Waals surface area contributed by atoms with Crippen molar-refractivity contribution in [3.05, 3.63) is 50.9 Å². The van der Waals surface area contributed by atoms with Gasteiger partial charge in [0.15, 0.2) is 0 Å². The van der Waals surface area contributed by atoms with E-state index in [0.29, 0.717) is 5.82 Å². The number of nitrogens with one attached hydrogen (secondary N) is 1. The highest BCUT2D eigenvalue weighted by Gasteiger charge is 2.18. The molecule has 0 unspecified atom stereocenters. The van der Waals surface area contributed by atoms with Crippen LogP contribution in [-0.4, -0.2) is 9.97 Å². The van der Waals surface area contributed by atoms with Gasteiger partial charge in [0.25, 0.3) is 5.56 Å². The number of aromatic nitrogens is 2. The maximum atomic E-state index is 12.5. The Labute approximate surface area is 140 Å². The number of rotatable bonds is 2. The normalized spacial score (nSPS) is 12.0. The van der Waals surface area contributed by atoms with Crippen molar-refractivity contribution in [1.82, 2.24) is 9.97 Å². The lowest BCUT2D eigenvalue weighted by Crippen LogP contribution is -2.11. The van der Waals surface area contributed by atoms with E-state index in [1.54, 1.807) is 11.3 Å². The second kappa shape index (κ2) is 5.60. The van der Waals surface area contributed by atoms with Gasteiger partial charge in [-0.3, -0.25) is 4.79 Å². The van der Waals surface area contributed by atoms with Gasteiger partial charge in [0.05, 0.1) is 5.39 Å². The van der Waals surface area contributed by atoms with Crippen LogP contribution in [0.1, 0.15) is 44.0 Å². The number of nitrogens with zero attached hydrogens (tertiary/aromatic N) is 1. The Hall–Kier alpha value is -1.94. The van der Waals surface area contributed by atoms with Crippen molar-refractivity contribution in [2.45, 2.75) is 46.5 Å². The van der Waals surface area contributed by atoms with Crippen molar-refractivity contribution >= 4 is 21.6 Å². The van der Waals surface area contributed by atoms with Crippen LogP contribution in [0.4, 0.5) is 0 Å². The molecule has 3 rings (SSSR count). The molecule has 23 heavy (non-hydrogen) atoms. The Balaban J connectivity index is 2.25. The first kappa shape index (κ1) is 15.9. The van der Waals surface area contributed by atoms with Crippen molar-refractivity contribution < 1.29 is 0 Å². The van der Waals surface area contributed by atoms with Gasteiger partial charge in [-0.15, -0.1) is 11.3 Å². The third kappa shape index (κ3) is 2.83. The molecule has 120 valence electrons. The molecule has 3 nitrogen and oxygen atoms in total. The zero-order valence-electron chi connectivity index (χ0n) is 14.3. The third-order valence-corrected chi connectivity index (χ3v) is 5.34. The second-order valence-electron chi connectivity index (χ2n) is 6.91. The Bertz CT molecular complexity index is 911. The minimum atomic E-state index is -0.0432. The highest BCUT2D eigenvalue weighted by Crippen LogP contribution is 2.37. The molecule has 2 heterocycles. The van der Waals surface area contributed by atoms with Gasteiger partial charge >= 0.3 is 0 Å². The number of H-pyrrole nitrogens is 1. The van der Waals surface area contributed by atoms with E-state index in [-0.39, 0.29) is 11.0 Å². The van der Waals surface area contributed by atoms with Gasteiger partial charge in [0.1, 0.15) is 10.7 Å². The SMILES string of the molecule is CCc1sc2nc(C)[nH]c(=O)c2c1-c1ccc(C(C)(C)C)cc1. The molecule has 0 aliphatic rings. The summed E-state index contributed by atoms with van der Waals surface area (Å²) < 4.78 is 0. The lowest BCUT2D eigenvalue weighted by molar-refractivity contribution is 0.590. The van der Waals surface area contributed by atoms with Crippen LogP contribution in [0, 0.1) is 6.92 Å². The van der Waals surface area contributed by atoms with Gasteiger partial charge < -0.3 is 4.98 Å². The maximum Gasteiger partial charge on any atom is 0.260 e. The third-order valence-electron chi connectivity index (χ3n) is 4.11. The summed E-state index contributed by atoms with van der Waals surface area (Å²) >= 11 is 1.63. The average molecular weight is 326 g/mol. The topological polar surface area (TPSA) is 45.8 Å². The summed E-state index contributed by atoms with van der Waals surface area (Å²) in [5.74, 6) is 0.668. The standard InChI is InChI=1S/C19H22N2OS/c1-6-14-15(12-7-9-13(10-8-12)19(3,4)5)16-17(22)20-11(2)21-18(16)23-14/h7-10H,6H2,1-5H3,(H,20,21,22). The molecule has 0 aliphatic heterocycles. The quantitative estimate of drug-likeness (QED) is 0.734. The Morgan fingerprint density at radius 3 is 2.39 bits per heavy atom. The molecule has 2 aromatic heterocycles. The molecule has 1 N–H and O–H groups in total. The molecule has 0 spiro atoms. The van der Waals surface area contributed by atoms with Crippen molar-refractivity contribution in [3.63, 3.8) is 0 Å². The summed E-state index contributed by atoms with van der Waals surface area (Å²) in [6.45, 7) is 10.6. The predicted octanol–water partition coefficient (Wildman–Crippen LogP) is 4.82. The molecule has 0 amide bonds. The molecule has 0 fully saturated rings. The van der Waals surface area contributed by atoms with Gasteiger partial charge in [-0.2, -0.15) is 0 Å². The molecule has 0 saturated heterocycles. The number of benzene rings is 1. The van der Waals surface area contributed by atoms with Crippen molar-refractivity contribution in [1.29, 1.82) is 0 Å². The van der Waals surface area contributed by atoms with E-state index in [2.05, 4.69) is 61.9 Å². The molecular weight excluding hydrogens is 304 g/mol. The molecule has 0 aliphatic carbocycles. The zero-order chi connectivity index (χ0) is 16.8. The highest BCUT2D eigenvalue weighted by atomic mass is 32.1. The number of aryl methyl sites for hydroxylation is 2. The van der Waals surface area contributed by atoms with Crippen molar-refractivity contribution in [2.75, 3.05) is 0 Å². The Morgan fingerprint density at radius 1 is 1.17 bits per heavy atom. The van der Waals surface area contributed by atoms with Crippen LogP contribution in [0.2, 0.25) is 0 Å². The highest BCUT2D eigenvalue weighted by molar-refractivity contribution is 7.19. The van der Waals surface area contributed by atoms with Crippen molar-refractivity contribution in [2.24, 2.45) is 0 Å². The van der Waals surface area contributed by atoms with Gasteiger partial charge in [-0.1, -0.05) is 52.0 Å². The molecular formula is C19H22N2OS. The number of hydrogen-bond acceptors (Lipinski definition) is 3. The maximum absolute atomic E-state index is 12.5. The summed E-state index contributed by atoms with van der Waals surface area (Å²) in [5, 5.41) is 0.723. The number of thiophene rings is 1. The van der Waals surface area contributed by atoms with E-state index in [1.807, 2.05) is 6.92 Å². The van der Waals surface area contributed by atoms with Crippen LogP contribution >= 0.6 is 11.3 Å². The lowest BCUT2D eigenvalue weighted by atomic mass is 9.86. The molecule has 0 atom stereocenters. The summed E-state index contributed by atoms with van der Waals surface area (Å²) in [5.41, 5.74) is 3.51. The van der Waals surface area contributed by atoms with Crippen LogP contribution < -0.4 is 5.56 Å². The summed E-state index contributed by atoms with van der Waals surface area (Å²) in [6, 6.07) is 8.57. The molecule has 1 aromatic carbocycles. The lowest BCUT2D eigenvalue weighted by Gasteiger charge is -2.19. The Morgan fingerprint density at radius 2 is 1.83 bits per heavy atom. The number of fused-ring (bicyclic) bond motifs is 1. The summed E-state index contributed by atoms with van der Waals surface area (Å²) in [6.07, 6.45) is 0.899. The van der Waals surface area contributed by atoms with Crippen LogP contribution in [0.15, 0.2) is 29.1 Å². The number of hydrogen-bond donors (Lipinski definition) is 1. The minimum absolute atomic E-state index is 0.0432. The van der Waals surface area contributed by atoms with Crippen LogP contribution in [0.3, 0.4) is 0 Å². The first-order valence-corrected chi connectivity index (χ1v) is 8.76. The first-order chi connectivity index (χ1) is 10.8. The smallest absolute Gasteiger partial charge is 0.260 e. The summed E-state index contributed by atoms with van der Waals surface area (Å²) in [4.78, 5) is 21.9. The molecule has 4 heteroatoms. The van der Waals surface area contributed by atoms with Gasteiger partial charge in [0, 0.05) is 10.4 Å². The van der Waals surface area contributed by atoms with E-state index < -0.39 is 0 Å². The molecule has 0 bridgehead atoms. The second-order valence-corrected chi connectivity index (χ2v) is 8.00. The van der Waals surface area contributed by atoms with Gasteiger partial charge in [-0.25, -0.2) is 4.98 Å². The molecule has 3 aromatic rings. The average Bonchev–Trinajstić information content (AvgIpc) is 2.85. The van der Waals surface area contributed by atoms with Crippen molar-refractivity contribution in [3.8, 4) is 11.1 Å². The summed E-state index contributed by atoms with van der Waals surface area (Å²) in [7, 11) is 0. The van der Waals surface area contributed by atoms with Crippen LogP contribution in [-0.2, 0) is 11.8 Å². The van der Waals surface area contributed by atoms with E-state index in [9.17, 15) is 4.79 Å². The zero-order valence-corrected chi connectivity index (χ0v) is 15.1. The molecule has 0 radical (unpaired) electrons. The van der Waals surface area contributed by atoms with E-state index in [0.717, 1.165) is 27.8 Å².